The average molecular weight is 418 g/mol. The maximum atomic E-state index is 14.5. The number of hydrogen-bond acceptors (Lipinski definition) is 4. The van der Waals surface area contributed by atoms with Gasteiger partial charge >= 0.3 is 24.0 Å². The lowest BCUT2D eigenvalue weighted by Gasteiger charge is -2.28. The molecule has 0 atom stereocenters. The van der Waals surface area contributed by atoms with Crippen LogP contribution in [0.1, 0.15) is 37.7 Å². The van der Waals surface area contributed by atoms with Crippen molar-refractivity contribution in [2.75, 3.05) is 10.7 Å². The van der Waals surface area contributed by atoms with Crippen LogP contribution in [0.5, 0.6) is 0 Å². The predicted molar refractivity (Wildman–Crippen MR) is 94.5 cm³/mol. The van der Waals surface area contributed by atoms with Gasteiger partial charge in [0.15, 0.2) is 0 Å². The fraction of sp³-hybridized carbons (Fsp3) is 0.500. The zero-order chi connectivity index (χ0) is 20.6. The van der Waals surface area contributed by atoms with Gasteiger partial charge in [0, 0.05) is 10.9 Å². The normalized spacial score (nSPS) is 19.1. The monoisotopic (exact) mass is 418 g/mol. The molecule has 0 N–H and O–H groups in total. The number of hydrogen-bond donors (Lipinski definition) is 0. The molecule has 5 nitrogen and oxygen atoms in total. The number of rotatable bonds is 4. The number of nitrogens with zero attached hydrogens (tertiary/aromatic N) is 2. The van der Waals surface area contributed by atoms with Crippen LogP contribution in [0.3, 0.4) is 0 Å². The molecule has 1 aromatic carbocycles. The molecule has 1 aliphatic heterocycles. The Morgan fingerprint density at radius 1 is 1.07 bits per heavy atom. The average Bonchev–Trinajstić information content (AvgIpc) is 2.84. The summed E-state index contributed by atoms with van der Waals surface area (Å²) in [6.45, 7) is 1.43. The number of amides is 4. The van der Waals surface area contributed by atoms with Crippen LogP contribution < -0.4 is 4.90 Å². The Morgan fingerprint density at radius 2 is 1.71 bits per heavy atom. The number of imide groups is 2. The van der Waals surface area contributed by atoms with Crippen LogP contribution in [0.15, 0.2) is 17.0 Å². The molecule has 1 saturated carbocycles. The number of anilines is 1. The lowest BCUT2D eigenvalue weighted by atomic mass is 9.94. The molecule has 1 saturated heterocycles. The summed E-state index contributed by atoms with van der Waals surface area (Å²) in [5, 5.41) is 0. The van der Waals surface area contributed by atoms with Gasteiger partial charge in [0.2, 0.25) is 0 Å². The van der Waals surface area contributed by atoms with E-state index in [0.717, 1.165) is 36.3 Å². The van der Waals surface area contributed by atoms with Crippen molar-refractivity contribution in [3.8, 4) is 0 Å². The van der Waals surface area contributed by atoms with E-state index in [2.05, 4.69) is 0 Å². The Labute approximate surface area is 163 Å². The lowest BCUT2D eigenvalue weighted by Crippen LogP contribution is -2.42. The van der Waals surface area contributed by atoms with Gasteiger partial charge in [0.25, 0.3) is 0 Å². The molecule has 152 valence electrons. The first-order chi connectivity index (χ1) is 13.1. The molecule has 0 bridgehead atoms. The van der Waals surface area contributed by atoms with Crippen LogP contribution in [0.25, 0.3) is 0 Å². The molecule has 2 aliphatic rings. The van der Waals surface area contributed by atoms with Gasteiger partial charge in [-0.15, -0.1) is 11.8 Å². The number of benzene rings is 1. The van der Waals surface area contributed by atoms with Crippen molar-refractivity contribution in [2.45, 2.75) is 56.1 Å². The highest BCUT2D eigenvalue weighted by molar-refractivity contribution is 7.99. The van der Waals surface area contributed by atoms with E-state index in [1.54, 1.807) is 0 Å². The van der Waals surface area contributed by atoms with Crippen LogP contribution >= 0.6 is 11.8 Å². The number of carbonyl (C=O) groups is 3. The number of aryl methyl sites for hydroxylation is 1. The van der Waals surface area contributed by atoms with Crippen molar-refractivity contribution < 1.29 is 31.9 Å². The van der Waals surface area contributed by atoms with E-state index in [9.17, 15) is 31.9 Å². The highest BCUT2D eigenvalue weighted by Crippen LogP contribution is 2.36. The molecule has 1 aromatic rings. The minimum atomic E-state index is -4.43. The third-order valence-corrected chi connectivity index (χ3v) is 6.04. The smallest absolute Gasteiger partial charge is 0.263 e. The third kappa shape index (κ3) is 4.01. The van der Waals surface area contributed by atoms with E-state index in [1.165, 1.54) is 6.92 Å². The van der Waals surface area contributed by atoms with Gasteiger partial charge in [-0.25, -0.2) is 14.1 Å². The molecule has 0 spiro atoms. The van der Waals surface area contributed by atoms with Crippen molar-refractivity contribution in [1.29, 1.82) is 0 Å². The molecule has 4 amide bonds. The summed E-state index contributed by atoms with van der Waals surface area (Å²) in [7, 11) is 0. The quantitative estimate of drug-likeness (QED) is 0.314. The molecule has 10 heteroatoms. The second-order valence-corrected chi connectivity index (χ2v) is 7.88. The van der Waals surface area contributed by atoms with Gasteiger partial charge in [-0.1, -0.05) is 19.3 Å². The van der Waals surface area contributed by atoms with E-state index >= 15 is 0 Å². The minimum absolute atomic E-state index is 0.0814. The number of alkyl halides is 3. The van der Waals surface area contributed by atoms with Gasteiger partial charge in [0.05, 0.1) is 11.4 Å². The van der Waals surface area contributed by atoms with Crippen molar-refractivity contribution >= 4 is 35.3 Å². The Bertz CT molecular complexity index is 822. The van der Waals surface area contributed by atoms with Crippen LogP contribution in [0, 0.1) is 12.7 Å². The molecule has 28 heavy (non-hydrogen) atoms. The summed E-state index contributed by atoms with van der Waals surface area (Å²) >= 11 is 0.428. The molecule has 0 unspecified atom stereocenters. The Morgan fingerprint density at radius 3 is 2.32 bits per heavy atom. The number of urea groups is 1. The molecule has 2 fully saturated rings. The van der Waals surface area contributed by atoms with Crippen molar-refractivity contribution in [3.05, 3.63) is 23.5 Å². The molecule has 3 rings (SSSR count). The summed E-state index contributed by atoms with van der Waals surface area (Å²) in [6.07, 6.45) is -0.696. The number of halogens is 4. The maximum Gasteiger partial charge on any atom is 0.398 e. The van der Waals surface area contributed by atoms with Gasteiger partial charge in [-0.05, 0) is 37.5 Å². The van der Waals surface area contributed by atoms with Crippen LogP contribution in [0.2, 0.25) is 0 Å². The highest BCUT2D eigenvalue weighted by atomic mass is 32.2. The second-order valence-electron chi connectivity index (χ2n) is 6.86. The predicted octanol–water partition coefficient (Wildman–Crippen LogP) is 4.42. The SMILES string of the molecule is Cc1cc(F)c(N2C(=O)C(=O)N(C3CCCCC3)C2=O)cc1SCC(F)(F)F. The lowest BCUT2D eigenvalue weighted by molar-refractivity contribution is -0.140. The van der Waals surface area contributed by atoms with Gasteiger partial charge < -0.3 is 0 Å². The van der Waals surface area contributed by atoms with Crippen molar-refractivity contribution in [1.82, 2.24) is 4.90 Å². The first-order valence-electron chi connectivity index (χ1n) is 8.81. The zero-order valence-electron chi connectivity index (χ0n) is 15.0. The Balaban J connectivity index is 1.92. The van der Waals surface area contributed by atoms with Gasteiger partial charge in [0.1, 0.15) is 5.82 Å². The van der Waals surface area contributed by atoms with Gasteiger partial charge in [-0.3, -0.25) is 14.5 Å². The fourth-order valence-corrected chi connectivity index (χ4v) is 4.28. The standard InChI is InChI=1S/C18H18F4N2O3S/c1-10-7-12(19)13(8-14(10)28-9-18(20,21)22)24-16(26)15(25)23(17(24)27)11-5-3-2-4-6-11/h7-8,11H,2-6,9H2,1H3. The Kier molecular flexibility index (Phi) is 5.69. The first kappa shape index (κ1) is 20.6. The second kappa shape index (κ2) is 7.73. The third-order valence-electron chi connectivity index (χ3n) is 4.82. The summed E-state index contributed by atoms with van der Waals surface area (Å²) in [5.74, 6) is -4.37. The molecule has 1 heterocycles. The largest absolute Gasteiger partial charge is 0.398 e. The topological polar surface area (TPSA) is 57.7 Å². The first-order valence-corrected chi connectivity index (χ1v) is 9.80. The summed E-state index contributed by atoms with van der Waals surface area (Å²) in [6, 6.07) is 0.614. The fourth-order valence-electron chi connectivity index (χ4n) is 3.48. The number of thioether (sulfide) groups is 1. The van der Waals surface area contributed by atoms with Gasteiger partial charge in [-0.2, -0.15) is 13.2 Å². The van der Waals surface area contributed by atoms with E-state index in [0.29, 0.717) is 29.5 Å². The number of carbonyl (C=O) groups excluding carboxylic acids is 3. The van der Waals surface area contributed by atoms with E-state index in [-0.39, 0.29) is 10.5 Å². The van der Waals surface area contributed by atoms with Crippen molar-refractivity contribution in [3.63, 3.8) is 0 Å². The van der Waals surface area contributed by atoms with Crippen LogP contribution in [-0.4, -0.2) is 40.7 Å². The van der Waals surface area contributed by atoms with Crippen molar-refractivity contribution in [2.24, 2.45) is 0 Å². The molecule has 0 radical (unpaired) electrons. The minimum Gasteiger partial charge on any atom is -0.263 e. The molecule has 1 aliphatic carbocycles. The van der Waals surface area contributed by atoms with E-state index < -0.39 is 47.3 Å². The summed E-state index contributed by atoms with van der Waals surface area (Å²) in [4.78, 5) is 38.9. The van der Waals surface area contributed by atoms with Crippen LogP contribution in [0.4, 0.5) is 28.0 Å². The van der Waals surface area contributed by atoms with E-state index in [1.807, 2.05) is 0 Å². The highest BCUT2D eigenvalue weighted by Gasteiger charge is 2.49. The maximum absolute atomic E-state index is 14.5. The summed E-state index contributed by atoms with van der Waals surface area (Å²) < 4.78 is 52.1. The zero-order valence-corrected chi connectivity index (χ0v) is 15.8. The molecular weight excluding hydrogens is 400 g/mol. The molecule has 0 aromatic heterocycles. The Hall–Kier alpha value is -2.10. The van der Waals surface area contributed by atoms with Crippen LogP contribution in [-0.2, 0) is 9.59 Å². The van der Waals surface area contributed by atoms with E-state index in [4.69, 9.17) is 0 Å². The molecular formula is C18H18F4N2O3S. The summed E-state index contributed by atoms with van der Waals surface area (Å²) in [5.41, 5.74) is -0.262.